The largest absolute Gasteiger partial charge is 0.469 e. The summed E-state index contributed by atoms with van der Waals surface area (Å²) >= 11 is 0. The fourth-order valence-electron chi connectivity index (χ4n) is 3.27. The molecule has 1 fully saturated rings. The van der Waals surface area contributed by atoms with Gasteiger partial charge in [0.2, 0.25) is 0 Å². The molecule has 1 aromatic carbocycles. The van der Waals surface area contributed by atoms with Crippen LogP contribution in [0.15, 0.2) is 30.3 Å². The van der Waals surface area contributed by atoms with Crippen LogP contribution in [0, 0.1) is 11.8 Å². The molecule has 22 heavy (non-hydrogen) atoms. The van der Waals surface area contributed by atoms with E-state index in [1.54, 1.807) is 0 Å². The standard InChI is InChI=1S/C17H22O5/c1-21-16(19)12-8-9-13(17(20)22-2)15(18)10-14(12)11-6-4-3-5-7-11/h3-7,12-15,18H,8-10H2,1-2H3/t12-,13+,14+,15-/m1/s1. The highest BCUT2D eigenvalue weighted by Gasteiger charge is 2.40. The van der Waals surface area contributed by atoms with Gasteiger partial charge in [0, 0.05) is 0 Å². The zero-order chi connectivity index (χ0) is 16.1. The molecule has 0 aliphatic heterocycles. The Hall–Kier alpha value is -1.88. The third-order valence-corrected chi connectivity index (χ3v) is 4.47. The Morgan fingerprint density at radius 1 is 1.00 bits per heavy atom. The predicted octanol–water partition coefficient (Wildman–Crippen LogP) is 1.89. The van der Waals surface area contributed by atoms with Gasteiger partial charge >= 0.3 is 11.9 Å². The maximum atomic E-state index is 12.1. The van der Waals surface area contributed by atoms with Gasteiger partial charge in [-0.15, -0.1) is 0 Å². The summed E-state index contributed by atoms with van der Waals surface area (Å²) in [4.78, 5) is 24.0. The second-order valence-electron chi connectivity index (χ2n) is 5.66. The average molecular weight is 306 g/mol. The number of carbonyl (C=O) groups excluding carboxylic acids is 2. The average Bonchev–Trinajstić information content (AvgIpc) is 2.73. The number of methoxy groups -OCH3 is 2. The van der Waals surface area contributed by atoms with E-state index >= 15 is 0 Å². The molecule has 0 aromatic heterocycles. The van der Waals surface area contributed by atoms with E-state index in [1.165, 1.54) is 14.2 Å². The van der Waals surface area contributed by atoms with Gasteiger partial charge < -0.3 is 14.6 Å². The van der Waals surface area contributed by atoms with Crippen LogP contribution in [-0.2, 0) is 19.1 Å². The summed E-state index contributed by atoms with van der Waals surface area (Å²) in [7, 11) is 2.68. The molecule has 2 rings (SSSR count). The van der Waals surface area contributed by atoms with Crippen molar-refractivity contribution < 1.29 is 24.2 Å². The normalized spacial score (nSPS) is 28.5. The van der Waals surface area contributed by atoms with Crippen molar-refractivity contribution in [3.8, 4) is 0 Å². The van der Waals surface area contributed by atoms with Gasteiger partial charge in [0.1, 0.15) is 0 Å². The quantitative estimate of drug-likeness (QED) is 0.682. The minimum Gasteiger partial charge on any atom is -0.469 e. The van der Waals surface area contributed by atoms with E-state index in [0.717, 1.165) is 5.56 Å². The van der Waals surface area contributed by atoms with Crippen molar-refractivity contribution in [3.63, 3.8) is 0 Å². The fourth-order valence-corrected chi connectivity index (χ4v) is 3.27. The van der Waals surface area contributed by atoms with Crippen molar-refractivity contribution in [3.05, 3.63) is 35.9 Å². The van der Waals surface area contributed by atoms with Crippen molar-refractivity contribution in [2.75, 3.05) is 14.2 Å². The molecule has 1 aromatic rings. The van der Waals surface area contributed by atoms with E-state index in [4.69, 9.17) is 9.47 Å². The van der Waals surface area contributed by atoms with Crippen LogP contribution < -0.4 is 0 Å². The number of aliphatic hydroxyl groups excluding tert-OH is 1. The second-order valence-corrected chi connectivity index (χ2v) is 5.66. The molecule has 0 heterocycles. The van der Waals surface area contributed by atoms with E-state index in [-0.39, 0.29) is 17.8 Å². The smallest absolute Gasteiger partial charge is 0.311 e. The molecule has 1 aliphatic rings. The molecule has 0 amide bonds. The van der Waals surface area contributed by atoms with Crippen LogP contribution >= 0.6 is 0 Å². The molecule has 1 N–H and O–H groups in total. The number of ether oxygens (including phenoxy) is 2. The summed E-state index contributed by atoms with van der Waals surface area (Å²) in [6.45, 7) is 0. The van der Waals surface area contributed by atoms with Crippen molar-refractivity contribution in [1.29, 1.82) is 0 Å². The topological polar surface area (TPSA) is 72.8 Å². The number of aliphatic hydroxyl groups is 1. The molecule has 0 unspecified atom stereocenters. The Morgan fingerprint density at radius 3 is 2.14 bits per heavy atom. The molecule has 5 nitrogen and oxygen atoms in total. The lowest BCUT2D eigenvalue weighted by molar-refractivity contribution is -0.150. The van der Waals surface area contributed by atoms with Crippen LogP contribution in [0.1, 0.15) is 30.7 Å². The number of benzene rings is 1. The minimum absolute atomic E-state index is 0.168. The summed E-state index contributed by atoms with van der Waals surface area (Å²) in [5.41, 5.74) is 0.975. The molecule has 1 aliphatic carbocycles. The first kappa shape index (κ1) is 16.5. The van der Waals surface area contributed by atoms with Crippen molar-refractivity contribution in [2.45, 2.75) is 31.3 Å². The van der Waals surface area contributed by atoms with Gasteiger partial charge in [0.15, 0.2) is 0 Å². The van der Waals surface area contributed by atoms with E-state index in [0.29, 0.717) is 19.3 Å². The van der Waals surface area contributed by atoms with Gasteiger partial charge in [-0.25, -0.2) is 0 Å². The molecule has 5 heteroatoms. The first-order valence-corrected chi connectivity index (χ1v) is 7.47. The summed E-state index contributed by atoms with van der Waals surface area (Å²) in [6.07, 6.45) is 0.413. The van der Waals surface area contributed by atoms with Gasteiger partial charge in [0.05, 0.1) is 32.2 Å². The maximum Gasteiger partial charge on any atom is 0.311 e. The Balaban J connectivity index is 2.31. The highest BCUT2D eigenvalue weighted by molar-refractivity contribution is 5.75. The van der Waals surface area contributed by atoms with Gasteiger partial charge in [-0.3, -0.25) is 9.59 Å². The summed E-state index contributed by atoms with van der Waals surface area (Å²) < 4.78 is 9.68. The van der Waals surface area contributed by atoms with Crippen LogP contribution in [0.5, 0.6) is 0 Å². The zero-order valence-corrected chi connectivity index (χ0v) is 12.9. The molecule has 0 radical (unpaired) electrons. The molecule has 1 saturated carbocycles. The maximum absolute atomic E-state index is 12.1. The second kappa shape index (κ2) is 7.40. The van der Waals surface area contributed by atoms with Crippen LogP contribution in [0.25, 0.3) is 0 Å². The van der Waals surface area contributed by atoms with Gasteiger partial charge in [-0.05, 0) is 30.7 Å². The lowest BCUT2D eigenvalue weighted by Gasteiger charge is -2.24. The molecular weight excluding hydrogens is 284 g/mol. The Bertz CT molecular complexity index is 513. The van der Waals surface area contributed by atoms with E-state index in [2.05, 4.69) is 0 Å². The van der Waals surface area contributed by atoms with Crippen molar-refractivity contribution in [2.24, 2.45) is 11.8 Å². The molecule has 4 atom stereocenters. The van der Waals surface area contributed by atoms with Crippen molar-refractivity contribution in [1.82, 2.24) is 0 Å². The van der Waals surface area contributed by atoms with Crippen LogP contribution in [0.2, 0.25) is 0 Å². The highest BCUT2D eigenvalue weighted by Crippen LogP contribution is 2.39. The molecule has 120 valence electrons. The number of esters is 2. The summed E-state index contributed by atoms with van der Waals surface area (Å²) in [5.74, 6) is -1.85. The third kappa shape index (κ3) is 3.47. The Labute approximate surface area is 130 Å². The van der Waals surface area contributed by atoms with Crippen LogP contribution in [0.4, 0.5) is 0 Å². The van der Waals surface area contributed by atoms with E-state index in [1.807, 2.05) is 30.3 Å². The number of hydrogen-bond donors (Lipinski definition) is 1. The first-order chi connectivity index (χ1) is 10.6. The third-order valence-electron chi connectivity index (χ3n) is 4.47. The lowest BCUT2D eigenvalue weighted by atomic mass is 9.82. The Morgan fingerprint density at radius 2 is 1.55 bits per heavy atom. The first-order valence-electron chi connectivity index (χ1n) is 7.47. The predicted molar refractivity (Wildman–Crippen MR) is 80.1 cm³/mol. The minimum atomic E-state index is -0.827. The SMILES string of the molecule is COC(=O)[C@H]1CC[C@@H](C(=O)OC)[C@H](c2ccccc2)C[C@H]1O. The summed E-state index contributed by atoms with van der Waals surface area (Å²) in [6, 6.07) is 9.58. The molecular formula is C17H22O5. The van der Waals surface area contributed by atoms with Gasteiger partial charge in [-0.2, -0.15) is 0 Å². The zero-order valence-electron chi connectivity index (χ0n) is 12.9. The van der Waals surface area contributed by atoms with E-state index in [9.17, 15) is 14.7 Å². The summed E-state index contributed by atoms with van der Waals surface area (Å²) in [5, 5.41) is 10.4. The van der Waals surface area contributed by atoms with Crippen LogP contribution in [0.3, 0.4) is 0 Å². The number of rotatable bonds is 3. The van der Waals surface area contributed by atoms with E-state index < -0.39 is 18.0 Å². The van der Waals surface area contributed by atoms with Crippen LogP contribution in [-0.4, -0.2) is 37.4 Å². The fraction of sp³-hybridized carbons (Fsp3) is 0.529. The van der Waals surface area contributed by atoms with Crippen molar-refractivity contribution >= 4 is 11.9 Å². The monoisotopic (exact) mass is 306 g/mol. The highest BCUT2D eigenvalue weighted by atomic mass is 16.5. The van der Waals surface area contributed by atoms with Gasteiger partial charge in [-0.1, -0.05) is 30.3 Å². The number of hydrogen-bond acceptors (Lipinski definition) is 5. The lowest BCUT2D eigenvalue weighted by Crippen LogP contribution is -2.29. The van der Waals surface area contributed by atoms with Gasteiger partial charge in [0.25, 0.3) is 0 Å². The molecule has 0 saturated heterocycles. The molecule has 0 bridgehead atoms. The number of carbonyl (C=O) groups is 2. The molecule has 0 spiro atoms. The Kier molecular flexibility index (Phi) is 5.55.